The molecule has 0 aromatic carbocycles. The predicted molar refractivity (Wildman–Crippen MR) is 86.0 cm³/mol. The highest BCUT2D eigenvalue weighted by molar-refractivity contribution is 5.79. The molecule has 3 N–H and O–H groups in total. The number of aromatic nitrogens is 2. The van der Waals surface area contributed by atoms with Gasteiger partial charge in [0.15, 0.2) is 0 Å². The molecule has 1 aliphatic heterocycles. The second-order valence-corrected chi connectivity index (χ2v) is 5.63. The minimum atomic E-state index is -0.612. The molecule has 23 heavy (non-hydrogen) atoms. The minimum absolute atomic E-state index is 0.0398. The number of nitrogen functional groups attached to an aromatic ring is 1. The highest BCUT2D eigenvalue weighted by Gasteiger charge is 2.27. The summed E-state index contributed by atoms with van der Waals surface area (Å²) in [6, 6.07) is 0. The molecule has 2 heterocycles. The molecule has 1 unspecified atom stereocenters. The zero-order valence-corrected chi connectivity index (χ0v) is 13.2. The van der Waals surface area contributed by atoms with Gasteiger partial charge in [-0.1, -0.05) is 13.3 Å². The van der Waals surface area contributed by atoms with Crippen LogP contribution in [0, 0.1) is 16.0 Å². The van der Waals surface area contributed by atoms with Gasteiger partial charge in [-0.3, -0.25) is 14.9 Å². The molecule has 1 amide bonds. The molecule has 1 atom stereocenters. The molecule has 2 rings (SSSR count). The molecular formula is C14H22N6O3. The number of carbonyl (C=O) groups is 1. The third-order valence-corrected chi connectivity index (χ3v) is 3.89. The standard InChI is InChI=1S/C14H22N6O3/c1-2-3-6-16-13(21)10-5-4-7-19(9-10)14-17-8-11(20(22)23)12(15)18-14/h8,10H,2-7,9H2,1H3,(H,16,21)(H2,15,17,18). The Morgan fingerprint density at radius 3 is 3.04 bits per heavy atom. The molecule has 1 aromatic heterocycles. The van der Waals surface area contributed by atoms with Crippen molar-refractivity contribution >= 4 is 23.4 Å². The maximum Gasteiger partial charge on any atom is 0.329 e. The molecule has 0 radical (unpaired) electrons. The van der Waals surface area contributed by atoms with Crippen molar-refractivity contribution in [1.82, 2.24) is 15.3 Å². The quantitative estimate of drug-likeness (QED) is 0.456. The number of hydrogen-bond donors (Lipinski definition) is 2. The van der Waals surface area contributed by atoms with E-state index < -0.39 is 4.92 Å². The van der Waals surface area contributed by atoms with Gasteiger partial charge < -0.3 is 16.0 Å². The number of hydrogen-bond acceptors (Lipinski definition) is 7. The summed E-state index contributed by atoms with van der Waals surface area (Å²) in [5, 5.41) is 13.7. The van der Waals surface area contributed by atoms with Gasteiger partial charge in [0.25, 0.3) is 0 Å². The van der Waals surface area contributed by atoms with E-state index >= 15 is 0 Å². The number of amides is 1. The van der Waals surface area contributed by atoms with Crippen LogP contribution >= 0.6 is 0 Å². The van der Waals surface area contributed by atoms with E-state index in [0.29, 0.717) is 25.6 Å². The van der Waals surface area contributed by atoms with Crippen molar-refractivity contribution < 1.29 is 9.72 Å². The van der Waals surface area contributed by atoms with E-state index in [1.165, 1.54) is 0 Å². The highest BCUT2D eigenvalue weighted by Crippen LogP contribution is 2.24. The van der Waals surface area contributed by atoms with E-state index in [1.54, 1.807) is 0 Å². The normalized spacial score (nSPS) is 17.8. The van der Waals surface area contributed by atoms with Crippen LogP contribution in [0.4, 0.5) is 17.5 Å². The number of nitro groups is 1. The number of carbonyl (C=O) groups excluding carboxylic acids is 1. The first kappa shape index (κ1) is 16.9. The van der Waals surface area contributed by atoms with Crippen molar-refractivity contribution in [3.63, 3.8) is 0 Å². The second-order valence-electron chi connectivity index (χ2n) is 5.63. The van der Waals surface area contributed by atoms with Gasteiger partial charge >= 0.3 is 5.69 Å². The second kappa shape index (κ2) is 7.70. The molecule has 1 aliphatic rings. The summed E-state index contributed by atoms with van der Waals surface area (Å²) < 4.78 is 0. The van der Waals surface area contributed by atoms with Gasteiger partial charge in [-0.25, -0.2) is 4.98 Å². The lowest BCUT2D eigenvalue weighted by Gasteiger charge is -2.32. The Labute approximate surface area is 134 Å². The fraction of sp³-hybridized carbons (Fsp3) is 0.643. The van der Waals surface area contributed by atoms with Crippen molar-refractivity contribution in [2.45, 2.75) is 32.6 Å². The first-order chi connectivity index (χ1) is 11.0. The summed E-state index contributed by atoms with van der Waals surface area (Å²) in [5.41, 5.74) is 5.30. The number of anilines is 2. The maximum atomic E-state index is 12.2. The summed E-state index contributed by atoms with van der Waals surface area (Å²) in [5.74, 6) is 0.0901. The van der Waals surface area contributed by atoms with Gasteiger partial charge in [0.05, 0.1) is 10.8 Å². The Morgan fingerprint density at radius 1 is 1.61 bits per heavy atom. The average Bonchev–Trinajstić information content (AvgIpc) is 2.54. The van der Waals surface area contributed by atoms with Crippen molar-refractivity contribution in [1.29, 1.82) is 0 Å². The molecule has 1 aromatic rings. The molecule has 0 aliphatic carbocycles. The summed E-state index contributed by atoms with van der Waals surface area (Å²) in [4.78, 5) is 32.2. The molecule has 0 bridgehead atoms. The van der Waals surface area contributed by atoms with Gasteiger partial charge in [0, 0.05) is 19.6 Å². The van der Waals surface area contributed by atoms with Gasteiger partial charge in [-0.2, -0.15) is 4.98 Å². The lowest BCUT2D eigenvalue weighted by molar-refractivity contribution is -0.384. The summed E-state index contributed by atoms with van der Waals surface area (Å²) in [6.45, 7) is 3.96. The Kier molecular flexibility index (Phi) is 5.67. The molecular weight excluding hydrogens is 300 g/mol. The molecule has 1 fully saturated rings. The van der Waals surface area contributed by atoms with E-state index in [1.807, 2.05) is 4.90 Å². The molecule has 0 spiro atoms. The smallest absolute Gasteiger partial charge is 0.329 e. The zero-order valence-electron chi connectivity index (χ0n) is 13.2. The SMILES string of the molecule is CCCCNC(=O)C1CCCN(c2ncc([N+](=O)[O-])c(N)n2)C1. The van der Waals surface area contributed by atoms with Crippen molar-refractivity contribution in [2.75, 3.05) is 30.3 Å². The monoisotopic (exact) mass is 322 g/mol. The van der Waals surface area contributed by atoms with Crippen LogP contribution < -0.4 is 16.0 Å². The summed E-state index contributed by atoms with van der Waals surface area (Å²) in [6.07, 6.45) is 4.77. The predicted octanol–water partition coefficient (Wildman–Crippen LogP) is 1.10. The van der Waals surface area contributed by atoms with Crippen LogP contribution in [-0.2, 0) is 4.79 Å². The third-order valence-electron chi connectivity index (χ3n) is 3.89. The molecule has 1 saturated heterocycles. The van der Waals surface area contributed by atoms with Crippen LogP contribution in [0.15, 0.2) is 6.20 Å². The first-order valence-corrected chi connectivity index (χ1v) is 7.82. The lowest BCUT2D eigenvalue weighted by Crippen LogP contribution is -2.44. The van der Waals surface area contributed by atoms with Crippen LogP contribution in [0.2, 0.25) is 0 Å². The average molecular weight is 322 g/mol. The summed E-state index contributed by atoms with van der Waals surface area (Å²) in [7, 11) is 0. The van der Waals surface area contributed by atoms with E-state index in [9.17, 15) is 14.9 Å². The van der Waals surface area contributed by atoms with E-state index in [4.69, 9.17) is 5.73 Å². The number of nitrogens with zero attached hydrogens (tertiary/aromatic N) is 4. The van der Waals surface area contributed by atoms with Crippen LogP contribution in [0.25, 0.3) is 0 Å². The van der Waals surface area contributed by atoms with Gasteiger partial charge in [-0.05, 0) is 19.3 Å². The van der Waals surface area contributed by atoms with E-state index in [0.717, 1.165) is 31.9 Å². The van der Waals surface area contributed by atoms with Crippen molar-refractivity contribution in [3.8, 4) is 0 Å². The third kappa shape index (κ3) is 4.27. The number of unbranched alkanes of at least 4 members (excludes halogenated alkanes) is 1. The Hall–Kier alpha value is -2.45. The van der Waals surface area contributed by atoms with Crippen molar-refractivity contribution in [3.05, 3.63) is 16.3 Å². The maximum absolute atomic E-state index is 12.2. The molecule has 126 valence electrons. The van der Waals surface area contributed by atoms with Gasteiger partial charge in [-0.15, -0.1) is 0 Å². The van der Waals surface area contributed by atoms with Crippen LogP contribution in [0.3, 0.4) is 0 Å². The Balaban J connectivity index is 2.02. The molecule has 9 heteroatoms. The van der Waals surface area contributed by atoms with Crippen molar-refractivity contribution in [2.24, 2.45) is 5.92 Å². The highest BCUT2D eigenvalue weighted by atomic mass is 16.6. The topological polar surface area (TPSA) is 127 Å². The fourth-order valence-corrected chi connectivity index (χ4v) is 2.58. The van der Waals surface area contributed by atoms with Crippen LogP contribution in [-0.4, -0.2) is 40.4 Å². The molecule has 0 saturated carbocycles. The lowest BCUT2D eigenvalue weighted by atomic mass is 9.97. The van der Waals surface area contributed by atoms with E-state index in [2.05, 4.69) is 22.2 Å². The largest absolute Gasteiger partial charge is 0.378 e. The molecule has 9 nitrogen and oxygen atoms in total. The van der Waals surface area contributed by atoms with Gasteiger partial charge in [0.1, 0.15) is 6.20 Å². The number of nitrogens with one attached hydrogen (secondary N) is 1. The van der Waals surface area contributed by atoms with Gasteiger partial charge in [0.2, 0.25) is 17.7 Å². The fourth-order valence-electron chi connectivity index (χ4n) is 2.58. The zero-order chi connectivity index (χ0) is 16.8. The number of nitrogens with two attached hydrogens (primary N) is 1. The minimum Gasteiger partial charge on any atom is -0.378 e. The van der Waals surface area contributed by atoms with Crippen LogP contribution in [0.1, 0.15) is 32.6 Å². The number of piperidine rings is 1. The Bertz CT molecular complexity index is 580. The van der Waals surface area contributed by atoms with Crippen LogP contribution in [0.5, 0.6) is 0 Å². The summed E-state index contributed by atoms with van der Waals surface area (Å²) >= 11 is 0. The Morgan fingerprint density at radius 2 is 2.39 bits per heavy atom. The van der Waals surface area contributed by atoms with E-state index in [-0.39, 0.29) is 23.3 Å². The first-order valence-electron chi connectivity index (χ1n) is 7.82. The number of rotatable bonds is 6.